The Kier molecular flexibility index (Phi) is 2.31. The smallest absolute Gasteiger partial charge is 0.217 e. The first-order valence-corrected chi connectivity index (χ1v) is 5.61. The number of hydrogen-bond donors (Lipinski definition) is 1. The Labute approximate surface area is 77.5 Å². The second-order valence-electron chi connectivity index (χ2n) is 3.83. The topological polar surface area (TPSA) is 29.1 Å². The van der Waals surface area contributed by atoms with Crippen molar-refractivity contribution in [2.45, 2.75) is 49.1 Å². The van der Waals surface area contributed by atoms with Crippen molar-refractivity contribution < 1.29 is 4.79 Å². The van der Waals surface area contributed by atoms with E-state index in [2.05, 4.69) is 17.1 Å². The SMILES string of the molecule is CC(=O)NC1CC2CCC(C1)S2. The largest absolute Gasteiger partial charge is 0.354 e. The van der Waals surface area contributed by atoms with Gasteiger partial charge >= 0.3 is 0 Å². The van der Waals surface area contributed by atoms with Crippen LogP contribution in [0.3, 0.4) is 0 Å². The minimum atomic E-state index is 0.131. The Balaban J connectivity index is 1.89. The summed E-state index contributed by atoms with van der Waals surface area (Å²) in [6, 6.07) is 0.473. The Morgan fingerprint density at radius 2 is 1.92 bits per heavy atom. The fraction of sp³-hybridized carbons (Fsp3) is 0.889. The highest BCUT2D eigenvalue weighted by molar-refractivity contribution is 8.00. The molecule has 0 radical (unpaired) electrons. The molecule has 1 N–H and O–H groups in total. The first kappa shape index (κ1) is 8.42. The minimum absolute atomic E-state index is 0.131. The van der Waals surface area contributed by atoms with Crippen LogP contribution in [0.5, 0.6) is 0 Å². The number of fused-ring (bicyclic) bond motifs is 2. The van der Waals surface area contributed by atoms with Crippen molar-refractivity contribution in [1.29, 1.82) is 0 Å². The van der Waals surface area contributed by atoms with E-state index in [1.165, 1.54) is 25.7 Å². The molecule has 2 saturated heterocycles. The van der Waals surface area contributed by atoms with E-state index in [4.69, 9.17) is 0 Å². The molecule has 2 rings (SSSR count). The van der Waals surface area contributed by atoms with E-state index in [1.54, 1.807) is 6.92 Å². The van der Waals surface area contributed by atoms with E-state index in [9.17, 15) is 4.79 Å². The van der Waals surface area contributed by atoms with Crippen LogP contribution in [0, 0.1) is 0 Å². The Bertz CT molecular complexity index is 183. The molecule has 0 aromatic carbocycles. The van der Waals surface area contributed by atoms with E-state index >= 15 is 0 Å². The zero-order valence-corrected chi connectivity index (χ0v) is 8.19. The summed E-state index contributed by atoms with van der Waals surface area (Å²) in [4.78, 5) is 10.8. The highest BCUT2D eigenvalue weighted by atomic mass is 32.2. The number of nitrogens with one attached hydrogen (secondary N) is 1. The van der Waals surface area contributed by atoms with Gasteiger partial charge in [-0.05, 0) is 25.7 Å². The van der Waals surface area contributed by atoms with Crippen LogP contribution in [0.15, 0.2) is 0 Å². The van der Waals surface area contributed by atoms with E-state index < -0.39 is 0 Å². The van der Waals surface area contributed by atoms with E-state index in [0.717, 1.165) is 10.5 Å². The van der Waals surface area contributed by atoms with Gasteiger partial charge in [-0.2, -0.15) is 11.8 Å². The summed E-state index contributed by atoms with van der Waals surface area (Å²) >= 11 is 2.13. The second-order valence-corrected chi connectivity index (χ2v) is 5.43. The van der Waals surface area contributed by atoms with Gasteiger partial charge in [-0.3, -0.25) is 4.79 Å². The van der Waals surface area contributed by atoms with Gasteiger partial charge in [0.1, 0.15) is 0 Å². The van der Waals surface area contributed by atoms with Gasteiger partial charge in [0.15, 0.2) is 0 Å². The highest BCUT2D eigenvalue weighted by Gasteiger charge is 2.34. The van der Waals surface area contributed by atoms with Gasteiger partial charge in [-0.15, -0.1) is 0 Å². The van der Waals surface area contributed by atoms with E-state index in [-0.39, 0.29) is 5.91 Å². The maximum Gasteiger partial charge on any atom is 0.217 e. The first-order valence-electron chi connectivity index (χ1n) is 4.66. The van der Waals surface area contributed by atoms with Crippen LogP contribution < -0.4 is 5.32 Å². The predicted molar refractivity (Wildman–Crippen MR) is 51.2 cm³/mol. The molecule has 0 spiro atoms. The summed E-state index contributed by atoms with van der Waals surface area (Å²) < 4.78 is 0. The van der Waals surface area contributed by atoms with Gasteiger partial charge in [0, 0.05) is 23.5 Å². The third-order valence-corrected chi connectivity index (χ3v) is 4.32. The number of carbonyl (C=O) groups is 1. The van der Waals surface area contributed by atoms with Crippen molar-refractivity contribution in [2.24, 2.45) is 0 Å². The molecule has 0 aromatic rings. The summed E-state index contributed by atoms with van der Waals surface area (Å²) in [6.07, 6.45) is 5.12. The zero-order chi connectivity index (χ0) is 8.55. The summed E-state index contributed by atoms with van der Waals surface area (Å²) in [5, 5.41) is 4.70. The predicted octanol–water partition coefficient (Wildman–Crippen LogP) is 1.55. The quantitative estimate of drug-likeness (QED) is 0.671. The number of amides is 1. The van der Waals surface area contributed by atoms with Crippen molar-refractivity contribution in [2.75, 3.05) is 0 Å². The lowest BCUT2D eigenvalue weighted by molar-refractivity contribution is -0.119. The molecule has 2 unspecified atom stereocenters. The fourth-order valence-electron chi connectivity index (χ4n) is 2.26. The van der Waals surface area contributed by atoms with Gasteiger partial charge in [0.25, 0.3) is 0 Å². The number of hydrogen-bond acceptors (Lipinski definition) is 2. The normalized spacial score (nSPS) is 39.6. The van der Waals surface area contributed by atoms with Crippen molar-refractivity contribution >= 4 is 17.7 Å². The van der Waals surface area contributed by atoms with Crippen molar-refractivity contribution in [1.82, 2.24) is 5.32 Å². The van der Waals surface area contributed by atoms with Crippen molar-refractivity contribution in [3.63, 3.8) is 0 Å². The molecule has 2 nitrogen and oxygen atoms in total. The first-order chi connectivity index (χ1) is 5.74. The molecule has 0 aliphatic carbocycles. The maximum absolute atomic E-state index is 10.8. The lowest BCUT2D eigenvalue weighted by Gasteiger charge is -2.27. The van der Waals surface area contributed by atoms with Gasteiger partial charge in [0.05, 0.1) is 0 Å². The highest BCUT2D eigenvalue weighted by Crippen LogP contribution is 2.43. The summed E-state index contributed by atoms with van der Waals surface area (Å²) in [7, 11) is 0. The number of thioether (sulfide) groups is 1. The molecule has 2 fully saturated rings. The van der Waals surface area contributed by atoms with Crippen molar-refractivity contribution in [3.05, 3.63) is 0 Å². The molecule has 12 heavy (non-hydrogen) atoms. The molecule has 2 bridgehead atoms. The summed E-state index contributed by atoms with van der Waals surface area (Å²) in [5.41, 5.74) is 0. The van der Waals surface area contributed by atoms with Crippen LogP contribution >= 0.6 is 11.8 Å². The number of carbonyl (C=O) groups excluding carboxylic acids is 1. The molecule has 3 heteroatoms. The monoisotopic (exact) mass is 185 g/mol. The Hall–Kier alpha value is -0.180. The Morgan fingerprint density at radius 1 is 1.33 bits per heavy atom. The second kappa shape index (κ2) is 3.29. The van der Waals surface area contributed by atoms with E-state index in [1.807, 2.05) is 0 Å². The van der Waals surface area contributed by atoms with Crippen LogP contribution in [0.1, 0.15) is 32.6 Å². The van der Waals surface area contributed by atoms with Crippen LogP contribution in [-0.4, -0.2) is 22.4 Å². The van der Waals surface area contributed by atoms with E-state index in [0.29, 0.717) is 6.04 Å². The maximum atomic E-state index is 10.8. The molecule has 2 aliphatic heterocycles. The third-order valence-electron chi connectivity index (χ3n) is 2.70. The average Bonchev–Trinajstić information content (AvgIpc) is 2.29. The molecule has 2 aliphatic rings. The Morgan fingerprint density at radius 3 is 2.42 bits per heavy atom. The van der Waals surface area contributed by atoms with Gasteiger partial charge in [-0.25, -0.2) is 0 Å². The zero-order valence-electron chi connectivity index (χ0n) is 7.38. The molecule has 0 aromatic heterocycles. The van der Waals surface area contributed by atoms with Gasteiger partial charge in [-0.1, -0.05) is 0 Å². The lowest BCUT2D eigenvalue weighted by Crippen LogP contribution is -2.38. The fourth-order valence-corrected chi connectivity index (χ4v) is 4.04. The third kappa shape index (κ3) is 1.76. The average molecular weight is 185 g/mol. The molecule has 68 valence electrons. The standard InChI is InChI=1S/C9H15NOS/c1-6(11)10-7-4-8-2-3-9(5-7)12-8/h7-9H,2-5H2,1H3,(H,10,11). The minimum Gasteiger partial charge on any atom is -0.354 e. The molecule has 2 atom stereocenters. The molecule has 1 amide bonds. The van der Waals surface area contributed by atoms with Crippen LogP contribution in [-0.2, 0) is 4.79 Å². The van der Waals surface area contributed by atoms with Crippen LogP contribution in [0.4, 0.5) is 0 Å². The lowest BCUT2D eigenvalue weighted by atomic mass is 10.1. The molecule has 0 saturated carbocycles. The molecular formula is C9H15NOS. The van der Waals surface area contributed by atoms with Gasteiger partial charge in [0.2, 0.25) is 5.91 Å². The van der Waals surface area contributed by atoms with Gasteiger partial charge < -0.3 is 5.32 Å². The van der Waals surface area contributed by atoms with Crippen LogP contribution in [0.2, 0.25) is 0 Å². The molecule has 2 heterocycles. The molecular weight excluding hydrogens is 170 g/mol. The summed E-state index contributed by atoms with van der Waals surface area (Å²) in [5.74, 6) is 0.131. The van der Waals surface area contributed by atoms with Crippen LogP contribution in [0.25, 0.3) is 0 Å². The number of rotatable bonds is 1. The van der Waals surface area contributed by atoms with Crippen molar-refractivity contribution in [3.8, 4) is 0 Å². The summed E-state index contributed by atoms with van der Waals surface area (Å²) in [6.45, 7) is 1.61.